The number of methoxy groups -OCH3 is 1. The molecule has 0 amide bonds. The topological polar surface area (TPSA) is 85.6 Å². The highest BCUT2D eigenvalue weighted by atomic mass is 35.5. The second kappa shape index (κ2) is 5.47. The molecule has 0 unspecified atom stereocenters. The van der Waals surface area contributed by atoms with E-state index in [4.69, 9.17) is 16.3 Å². The number of nitrogens with one attached hydrogen (secondary N) is 1. The molecule has 0 aliphatic rings. The van der Waals surface area contributed by atoms with Crippen LogP contribution in [0.5, 0.6) is 5.75 Å². The molecule has 0 saturated carbocycles. The third kappa shape index (κ3) is 2.58. The van der Waals surface area contributed by atoms with E-state index in [0.717, 1.165) is 0 Å². The number of aromatic nitrogens is 3. The van der Waals surface area contributed by atoms with Crippen molar-refractivity contribution in [2.75, 3.05) is 11.8 Å². The Kier molecular flexibility index (Phi) is 3.63. The van der Waals surface area contributed by atoms with Gasteiger partial charge in [0.25, 0.3) is 10.0 Å². The van der Waals surface area contributed by atoms with Crippen LogP contribution in [0.15, 0.2) is 47.8 Å². The molecule has 0 aliphatic heterocycles. The van der Waals surface area contributed by atoms with Crippen molar-refractivity contribution in [2.45, 2.75) is 4.90 Å². The Balaban J connectivity index is 2.00. The summed E-state index contributed by atoms with van der Waals surface area (Å²) in [5.41, 5.74) is 0.734. The van der Waals surface area contributed by atoms with E-state index < -0.39 is 10.0 Å². The van der Waals surface area contributed by atoms with Crippen LogP contribution in [0.1, 0.15) is 0 Å². The Morgan fingerprint density at radius 2 is 2.14 bits per heavy atom. The number of nitrogens with zero attached hydrogens (tertiary/aromatic N) is 3. The lowest BCUT2D eigenvalue weighted by atomic mass is 10.3. The minimum absolute atomic E-state index is 0.0276. The van der Waals surface area contributed by atoms with Crippen molar-refractivity contribution in [1.82, 2.24) is 14.6 Å². The molecule has 22 heavy (non-hydrogen) atoms. The average Bonchev–Trinajstić information content (AvgIpc) is 2.96. The number of hydrogen-bond acceptors (Lipinski definition) is 5. The van der Waals surface area contributed by atoms with E-state index in [-0.39, 0.29) is 9.92 Å². The molecule has 0 aliphatic carbocycles. The van der Waals surface area contributed by atoms with E-state index in [9.17, 15) is 8.42 Å². The Bertz CT molecular complexity index is 939. The molecule has 0 saturated heterocycles. The molecular weight excluding hydrogens is 328 g/mol. The van der Waals surface area contributed by atoms with Gasteiger partial charge in [-0.25, -0.2) is 8.42 Å². The summed E-state index contributed by atoms with van der Waals surface area (Å²) in [5.74, 6) is 0.403. The van der Waals surface area contributed by atoms with E-state index in [0.29, 0.717) is 17.1 Å². The fraction of sp³-hybridized carbons (Fsp3) is 0.0769. The van der Waals surface area contributed by atoms with Gasteiger partial charge in [-0.2, -0.15) is 0 Å². The fourth-order valence-corrected chi connectivity index (χ4v) is 3.36. The van der Waals surface area contributed by atoms with Gasteiger partial charge in [0.05, 0.1) is 22.7 Å². The summed E-state index contributed by atoms with van der Waals surface area (Å²) in [6, 6.07) is 7.53. The number of benzene rings is 1. The van der Waals surface area contributed by atoms with Crippen LogP contribution in [0.3, 0.4) is 0 Å². The van der Waals surface area contributed by atoms with Crippen molar-refractivity contribution >= 4 is 33.0 Å². The first kappa shape index (κ1) is 14.6. The van der Waals surface area contributed by atoms with Crippen molar-refractivity contribution < 1.29 is 13.2 Å². The van der Waals surface area contributed by atoms with E-state index in [2.05, 4.69) is 14.9 Å². The van der Waals surface area contributed by atoms with E-state index in [1.54, 1.807) is 22.7 Å². The number of ether oxygens (including phenoxy) is 1. The van der Waals surface area contributed by atoms with Gasteiger partial charge in [0.15, 0.2) is 5.65 Å². The maximum atomic E-state index is 12.5. The second-order valence-electron chi connectivity index (χ2n) is 4.39. The van der Waals surface area contributed by atoms with Crippen molar-refractivity contribution in [2.24, 2.45) is 0 Å². The zero-order valence-corrected chi connectivity index (χ0v) is 13.0. The summed E-state index contributed by atoms with van der Waals surface area (Å²) in [6.07, 6.45) is 3.20. The predicted octanol–water partition coefficient (Wildman–Crippen LogP) is 2.19. The molecule has 3 rings (SSSR count). The van der Waals surface area contributed by atoms with Crippen LogP contribution < -0.4 is 9.46 Å². The Morgan fingerprint density at radius 3 is 2.86 bits per heavy atom. The number of pyridine rings is 1. The first-order chi connectivity index (χ1) is 10.5. The van der Waals surface area contributed by atoms with Gasteiger partial charge < -0.3 is 4.74 Å². The van der Waals surface area contributed by atoms with Gasteiger partial charge in [-0.3, -0.25) is 9.12 Å². The second-order valence-corrected chi connectivity index (χ2v) is 6.48. The molecule has 2 aromatic heterocycles. The molecule has 1 aromatic carbocycles. The van der Waals surface area contributed by atoms with Gasteiger partial charge in [-0.05, 0) is 30.3 Å². The lowest BCUT2D eigenvalue weighted by Gasteiger charge is -2.10. The molecule has 0 fully saturated rings. The lowest BCUT2D eigenvalue weighted by Crippen LogP contribution is -2.13. The molecule has 0 bridgehead atoms. The van der Waals surface area contributed by atoms with Crippen LogP contribution in [-0.4, -0.2) is 30.1 Å². The zero-order chi connectivity index (χ0) is 15.7. The monoisotopic (exact) mass is 338 g/mol. The van der Waals surface area contributed by atoms with Crippen molar-refractivity contribution in [3.05, 3.63) is 47.9 Å². The van der Waals surface area contributed by atoms with Crippen molar-refractivity contribution in [3.8, 4) is 5.75 Å². The van der Waals surface area contributed by atoms with E-state index in [1.165, 1.54) is 31.6 Å². The molecule has 0 spiro atoms. The van der Waals surface area contributed by atoms with Crippen LogP contribution in [0.2, 0.25) is 5.02 Å². The van der Waals surface area contributed by atoms with Crippen LogP contribution in [0.4, 0.5) is 5.69 Å². The van der Waals surface area contributed by atoms with Gasteiger partial charge in [0.1, 0.15) is 12.1 Å². The van der Waals surface area contributed by atoms with Gasteiger partial charge in [0, 0.05) is 6.20 Å². The maximum absolute atomic E-state index is 12.5. The van der Waals surface area contributed by atoms with Crippen LogP contribution in [0, 0.1) is 0 Å². The minimum Gasteiger partial charge on any atom is -0.495 e. The number of fused-ring (bicyclic) bond motifs is 1. The third-order valence-corrected chi connectivity index (χ3v) is 4.66. The smallest absolute Gasteiger partial charge is 0.262 e. The number of halogens is 1. The summed E-state index contributed by atoms with van der Waals surface area (Å²) in [5, 5.41) is 7.84. The first-order valence-electron chi connectivity index (χ1n) is 6.16. The first-order valence-corrected chi connectivity index (χ1v) is 8.02. The highest BCUT2D eigenvalue weighted by molar-refractivity contribution is 7.92. The normalized spacial score (nSPS) is 11.5. The largest absolute Gasteiger partial charge is 0.495 e. The molecule has 9 heteroatoms. The van der Waals surface area contributed by atoms with Gasteiger partial charge in [0.2, 0.25) is 0 Å². The molecule has 114 valence electrons. The third-order valence-electron chi connectivity index (χ3n) is 3.00. The van der Waals surface area contributed by atoms with Gasteiger partial charge in [-0.1, -0.05) is 11.6 Å². The molecule has 2 heterocycles. The summed E-state index contributed by atoms with van der Waals surface area (Å²) in [4.78, 5) is 0.0276. The zero-order valence-electron chi connectivity index (χ0n) is 11.4. The van der Waals surface area contributed by atoms with Crippen molar-refractivity contribution in [3.63, 3.8) is 0 Å². The summed E-state index contributed by atoms with van der Waals surface area (Å²) >= 11 is 5.97. The molecule has 3 aromatic rings. The standard InChI is InChI=1S/C13H11ClN4O3S/c1-21-12-5-4-9(7-10(12)14)22(19,20)17-11-3-2-6-18-8-15-16-13(11)18/h2-8,17H,1H3. The van der Waals surface area contributed by atoms with Gasteiger partial charge in [-0.15, -0.1) is 10.2 Å². The summed E-state index contributed by atoms with van der Waals surface area (Å²) in [7, 11) is -2.34. The van der Waals surface area contributed by atoms with Gasteiger partial charge >= 0.3 is 0 Å². The molecule has 1 N–H and O–H groups in total. The summed E-state index contributed by atoms with van der Waals surface area (Å²) in [6.45, 7) is 0. The Hall–Kier alpha value is -2.32. The molecule has 0 atom stereocenters. The quantitative estimate of drug-likeness (QED) is 0.788. The number of anilines is 1. The highest BCUT2D eigenvalue weighted by Gasteiger charge is 2.18. The van der Waals surface area contributed by atoms with Crippen LogP contribution in [-0.2, 0) is 10.0 Å². The molecule has 0 radical (unpaired) electrons. The molecule has 7 nitrogen and oxygen atoms in total. The number of hydrogen-bond donors (Lipinski definition) is 1. The van der Waals surface area contributed by atoms with E-state index >= 15 is 0 Å². The summed E-state index contributed by atoms with van der Waals surface area (Å²) < 4.78 is 34.0. The minimum atomic E-state index is -3.80. The highest BCUT2D eigenvalue weighted by Crippen LogP contribution is 2.28. The Labute approximate surface area is 131 Å². The van der Waals surface area contributed by atoms with E-state index in [1.807, 2.05) is 0 Å². The Morgan fingerprint density at radius 1 is 1.32 bits per heavy atom. The molecular formula is C13H11ClN4O3S. The SMILES string of the molecule is COc1ccc(S(=O)(=O)Nc2cccn3cnnc23)cc1Cl. The van der Waals surface area contributed by atoms with Crippen molar-refractivity contribution in [1.29, 1.82) is 0 Å². The van der Waals surface area contributed by atoms with Crippen LogP contribution >= 0.6 is 11.6 Å². The maximum Gasteiger partial charge on any atom is 0.262 e. The fourth-order valence-electron chi connectivity index (χ4n) is 1.95. The average molecular weight is 339 g/mol. The number of sulfonamides is 1. The number of rotatable bonds is 4. The predicted molar refractivity (Wildman–Crippen MR) is 81.8 cm³/mol. The van der Waals surface area contributed by atoms with Crippen LogP contribution in [0.25, 0.3) is 5.65 Å². The lowest BCUT2D eigenvalue weighted by molar-refractivity contribution is 0.414.